The van der Waals surface area contributed by atoms with Crippen LogP contribution in [-0.4, -0.2) is 45.4 Å². The number of nitrogens with zero attached hydrogens (tertiary/aromatic N) is 2. The topological polar surface area (TPSA) is 97.6 Å². The Kier molecular flexibility index (Phi) is 6.52. The molecule has 1 saturated heterocycles. The fourth-order valence-electron chi connectivity index (χ4n) is 5.51. The first-order valence-electron chi connectivity index (χ1n) is 13.2. The lowest BCUT2D eigenvalue weighted by Crippen LogP contribution is -2.20. The predicted molar refractivity (Wildman–Crippen MR) is 152 cm³/mol. The minimum absolute atomic E-state index is 0.219. The number of likely N-dealkylation sites (tertiary alicyclic amines) is 1. The van der Waals surface area contributed by atoms with Gasteiger partial charge in [-0.1, -0.05) is 24.3 Å². The van der Waals surface area contributed by atoms with Crippen molar-refractivity contribution in [3.05, 3.63) is 95.7 Å². The van der Waals surface area contributed by atoms with E-state index < -0.39 is 0 Å². The molecular weight excluding hydrogens is 475 g/mol. The minimum Gasteiger partial charge on any atom is -0.398 e. The van der Waals surface area contributed by atoms with E-state index in [1.165, 1.54) is 25.9 Å². The molecule has 3 heterocycles. The number of aromatic amines is 2. The van der Waals surface area contributed by atoms with Gasteiger partial charge in [-0.2, -0.15) is 5.10 Å². The van der Waals surface area contributed by atoms with E-state index in [9.17, 15) is 4.39 Å². The number of nitrogens with two attached hydrogens (primary N) is 1. The van der Waals surface area contributed by atoms with Crippen molar-refractivity contribution >= 4 is 22.3 Å². The molecule has 5 aromatic rings. The van der Waals surface area contributed by atoms with Crippen molar-refractivity contribution in [2.75, 3.05) is 25.4 Å². The van der Waals surface area contributed by atoms with Crippen LogP contribution in [-0.2, 0) is 6.42 Å². The first-order valence-corrected chi connectivity index (χ1v) is 13.2. The van der Waals surface area contributed by atoms with E-state index in [0.29, 0.717) is 22.7 Å². The number of nitrogens with one attached hydrogen (secondary N) is 3. The van der Waals surface area contributed by atoms with E-state index in [2.05, 4.69) is 26.1 Å². The molecule has 192 valence electrons. The number of aromatic nitrogens is 3. The first kappa shape index (κ1) is 24.1. The molecule has 38 heavy (non-hydrogen) atoms. The molecule has 6 rings (SSSR count). The SMILES string of the molecule is N=C(c1cc2c(-c3cc(F)cc(CCCN4CCCC4)c3)cccc2[nH]1)c1cc(-c2cn[nH]c2)ccc1N. The van der Waals surface area contributed by atoms with Crippen LogP contribution in [0.5, 0.6) is 0 Å². The maximum absolute atomic E-state index is 14.7. The van der Waals surface area contributed by atoms with Crippen LogP contribution in [0.15, 0.2) is 73.1 Å². The molecule has 0 bridgehead atoms. The van der Waals surface area contributed by atoms with Crippen molar-refractivity contribution in [3.8, 4) is 22.3 Å². The molecule has 1 aliphatic heterocycles. The Morgan fingerprint density at radius 3 is 2.68 bits per heavy atom. The summed E-state index contributed by atoms with van der Waals surface area (Å²) >= 11 is 0. The van der Waals surface area contributed by atoms with Crippen LogP contribution < -0.4 is 5.73 Å². The summed E-state index contributed by atoms with van der Waals surface area (Å²) in [5.74, 6) is -0.219. The summed E-state index contributed by atoms with van der Waals surface area (Å²) in [6, 6.07) is 18.9. The number of rotatable bonds is 8. The number of benzene rings is 3. The maximum atomic E-state index is 14.7. The van der Waals surface area contributed by atoms with Gasteiger partial charge in [-0.25, -0.2) is 4.39 Å². The Morgan fingerprint density at radius 2 is 1.87 bits per heavy atom. The normalized spacial score (nSPS) is 13.9. The van der Waals surface area contributed by atoms with Gasteiger partial charge in [0.25, 0.3) is 0 Å². The van der Waals surface area contributed by atoms with Gasteiger partial charge in [-0.3, -0.25) is 10.5 Å². The molecule has 1 aliphatic rings. The van der Waals surface area contributed by atoms with Gasteiger partial charge in [-0.15, -0.1) is 0 Å². The molecule has 2 aromatic heterocycles. The summed E-state index contributed by atoms with van der Waals surface area (Å²) in [5, 5.41) is 16.8. The van der Waals surface area contributed by atoms with Crippen molar-refractivity contribution in [1.82, 2.24) is 20.1 Å². The van der Waals surface area contributed by atoms with Gasteiger partial charge in [0.15, 0.2) is 0 Å². The van der Waals surface area contributed by atoms with Gasteiger partial charge in [0.2, 0.25) is 0 Å². The molecule has 1 fully saturated rings. The lowest BCUT2D eigenvalue weighted by atomic mass is 9.97. The third-order valence-corrected chi connectivity index (χ3v) is 7.49. The molecule has 0 saturated carbocycles. The monoisotopic (exact) mass is 506 g/mol. The molecular formula is C31H31FN6. The molecule has 0 amide bonds. The zero-order valence-corrected chi connectivity index (χ0v) is 21.2. The average molecular weight is 507 g/mol. The molecule has 3 aromatic carbocycles. The number of halogens is 1. The van der Waals surface area contributed by atoms with Gasteiger partial charge in [0.1, 0.15) is 5.82 Å². The summed E-state index contributed by atoms with van der Waals surface area (Å²) in [5.41, 5.74) is 14.0. The van der Waals surface area contributed by atoms with Crippen LogP contribution in [0.25, 0.3) is 33.2 Å². The van der Waals surface area contributed by atoms with Gasteiger partial charge in [0.05, 0.1) is 17.6 Å². The summed E-state index contributed by atoms with van der Waals surface area (Å²) in [6.45, 7) is 3.43. The summed E-state index contributed by atoms with van der Waals surface area (Å²) < 4.78 is 14.7. The van der Waals surface area contributed by atoms with Crippen LogP contribution in [0, 0.1) is 11.2 Å². The lowest BCUT2D eigenvalue weighted by Gasteiger charge is -2.14. The molecule has 6 nitrogen and oxygen atoms in total. The van der Waals surface area contributed by atoms with Gasteiger partial charge < -0.3 is 15.6 Å². The molecule has 0 radical (unpaired) electrons. The summed E-state index contributed by atoms with van der Waals surface area (Å²) in [6.07, 6.45) is 8.01. The number of nitrogen functional groups attached to an aromatic ring is 1. The quantitative estimate of drug-likeness (QED) is 0.145. The molecule has 0 spiro atoms. The van der Waals surface area contributed by atoms with Crippen molar-refractivity contribution in [2.24, 2.45) is 0 Å². The average Bonchev–Trinajstić information content (AvgIpc) is 3.70. The second kappa shape index (κ2) is 10.3. The van der Waals surface area contributed by atoms with E-state index in [-0.39, 0.29) is 5.82 Å². The third kappa shape index (κ3) is 4.85. The second-order valence-electron chi connectivity index (χ2n) is 10.1. The fourth-order valence-corrected chi connectivity index (χ4v) is 5.51. The molecule has 0 unspecified atom stereocenters. The van der Waals surface area contributed by atoms with Crippen LogP contribution in [0.4, 0.5) is 10.1 Å². The Morgan fingerprint density at radius 1 is 1.00 bits per heavy atom. The maximum Gasteiger partial charge on any atom is 0.124 e. The van der Waals surface area contributed by atoms with Gasteiger partial charge >= 0.3 is 0 Å². The van der Waals surface area contributed by atoms with E-state index in [4.69, 9.17) is 11.1 Å². The van der Waals surface area contributed by atoms with Crippen molar-refractivity contribution < 1.29 is 4.39 Å². The largest absolute Gasteiger partial charge is 0.398 e. The van der Waals surface area contributed by atoms with E-state index >= 15 is 0 Å². The van der Waals surface area contributed by atoms with Crippen LogP contribution in [0.2, 0.25) is 0 Å². The Labute approximate surface area is 221 Å². The highest BCUT2D eigenvalue weighted by atomic mass is 19.1. The number of hydrogen-bond acceptors (Lipinski definition) is 4. The van der Waals surface area contributed by atoms with E-state index in [1.807, 2.05) is 48.7 Å². The third-order valence-electron chi connectivity index (χ3n) is 7.49. The molecule has 7 heteroatoms. The number of aryl methyl sites for hydroxylation is 1. The van der Waals surface area contributed by atoms with Crippen molar-refractivity contribution in [3.63, 3.8) is 0 Å². The number of fused-ring (bicyclic) bond motifs is 1. The van der Waals surface area contributed by atoms with E-state index in [0.717, 1.165) is 58.1 Å². The highest BCUT2D eigenvalue weighted by Gasteiger charge is 2.16. The Bertz CT molecular complexity index is 1590. The van der Waals surface area contributed by atoms with Crippen LogP contribution in [0.3, 0.4) is 0 Å². The van der Waals surface area contributed by atoms with Gasteiger partial charge in [0, 0.05) is 33.9 Å². The zero-order valence-electron chi connectivity index (χ0n) is 21.2. The second-order valence-corrected chi connectivity index (χ2v) is 10.1. The standard InChI is InChI=1S/C31H31FN6/c32-24-14-20(5-4-12-38-10-1-2-11-38)13-22(15-24)25-6-3-7-29-26(25)17-30(37-29)31(34)27-16-21(8-9-28(27)33)23-18-35-36-19-23/h3,6-9,13-19,34,37H,1-2,4-5,10-12,33H2,(H,35,36). The van der Waals surface area contributed by atoms with Crippen molar-refractivity contribution in [2.45, 2.75) is 25.7 Å². The van der Waals surface area contributed by atoms with Gasteiger partial charge in [-0.05, 0) is 104 Å². The lowest BCUT2D eigenvalue weighted by molar-refractivity contribution is 0.334. The predicted octanol–water partition coefficient (Wildman–Crippen LogP) is 6.39. The summed E-state index contributed by atoms with van der Waals surface area (Å²) in [4.78, 5) is 5.88. The molecule has 5 N–H and O–H groups in total. The number of H-pyrrole nitrogens is 2. The smallest absolute Gasteiger partial charge is 0.124 e. The minimum atomic E-state index is -0.219. The Balaban J connectivity index is 1.30. The van der Waals surface area contributed by atoms with Crippen LogP contribution >= 0.6 is 0 Å². The van der Waals surface area contributed by atoms with E-state index in [1.54, 1.807) is 18.3 Å². The number of anilines is 1. The molecule has 0 aliphatic carbocycles. The first-order chi connectivity index (χ1) is 18.5. The zero-order chi connectivity index (χ0) is 26.1. The highest BCUT2D eigenvalue weighted by molar-refractivity contribution is 6.16. The summed E-state index contributed by atoms with van der Waals surface area (Å²) in [7, 11) is 0. The van der Waals surface area contributed by atoms with Crippen molar-refractivity contribution in [1.29, 1.82) is 5.41 Å². The number of hydrogen-bond donors (Lipinski definition) is 4. The Hall–Kier alpha value is -4.23. The highest BCUT2D eigenvalue weighted by Crippen LogP contribution is 2.32. The van der Waals surface area contributed by atoms with Crippen LogP contribution in [0.1, 0.15) is 36.1 Å². The molecule has 0 atom stereocenters. The fraction of sp³-hybridized carbons (Fsp3) is 0.226.